The fourth-order valence-electron chi connectivity index (χ4n) is 2.71. The van der Waals surface area contributed by atoms with E-state index in [0.717, 1.165) is 23.4 Å². The molecule has 1 unspecified atom stereocenters. The molecule has 0 amide bonds. The van der Waals surface area contributed by atoms with Gasteiger partial charge in [0.25, 0.3) is 0 Å². The van der Waals surface area contributed by atoms with Crippen LogP contribution in [0.15, 0.2) is 79.0 Å². The van der Waals surface area contributed by atoms with Gasteiger partial charge in [-0.25, -0.2) is 0 Å². The van der Waals surface area contributed by atoms with E-state index in [0.29, 0.717) is 13.2 Å². The molecule has 0 saturated carbocycles. The van der Waals surface area contributed by atoms with Crippen LogP contribution in [0.4, 0.5) is 0 Å². The quantitative estimate of drug-likeness (QED) is 0.717. The van der Waals surface area contributed by atoms with Gasteiger partial charge in [-0.1, -0.05) is 48.5 Å². The smallest absolute Gasteiger partial charge is 0.120 e. The molecule has 1 heterocycles. The van der Waals surface area contributed by atoms with Crippen LogP contribution in [0.25, 0.3) is 0 Å². The minimum atomic E-state index is 0.218. The summed E-state index contributed by atoms with van der Waals surface area (Å²) < 4.78 is 5.91. The Morgan fingerprint density at radius 2 is 1.67 bits per heavy atom. The number of nitrogens with zero attached hydrogens (tertiary/aromatic N) is 1. The highest BCUT2D eigenvalue weighted by Gasteiger charge is 2.12. The fraction of sp³-hybridized carbons (Fsp3) is 0.190. The van der Waals surface area contributed by atoms with Gasteiger partial charge in [0.15, 0.2) is 0 Å². The number of ether oxygens (including phenoxy) is 1. The molecule has 1 aromatic heterocycles. The van der Waals surface area contributed by atoms with Gasteiger partial charge in [-0.15, -0.1) is 0 Å². The molecule has 0 saturated heterocycles. The van der Waals surface area contributed by atoms with Gasteiger partial charge in [-0.2, -0.15) is 0 Å². The molecule has 3 nitrogen and oxygen atoms in total. The first-order valence-electron chi connectivity index (χ1n) is 8.22. The Morgan fingerprint density at radius 3 is 2.42 bits per heavy atom. The molecule has 0 spiro atoms. The molecule has 122 valence electrons. The largest absolute Gasteiger partial charge is 0.489 e. The van der Waals surface area contributed by atoms with Crippen LogP contribution in [0.1, 0.15) is 22.7 Å². The van der Waals surface area contributed by atoms with Crippen LogP contribution in [-0.2, 0) is 13.0 Å². The van der Waals surface area contributed by atoms with Crippen molar-refractivity contribution in [3.05, 3.63) is 95.8 Å². The van der Waals surface area contributed by atoms with Crippen molar-refractivity contribution >= 4 is 0 Å². The number of hydrogen-bond donors (Lipinski definition) is 1. The highest BCUT2D eigenvalue weighted by atomic mass is 16.5. The third kappa shape index (κ3) is 4.43. The predicted octanol–water partition coefficient (Wildman–Crippen LogP) is 3.95. The topological polar surface area (TPSA) is 48.1 Å². The van der Waals surface area contributed by atoms with Gasteiger partial charge in [0.1, 0.15) is 12.4 Å². The summed E-state index contributed by atoms with van der Waals surface area (Å²) in [5, 5.41) is 0. The Hall–Kier alpha value is -2.65. The van der Waals surface area contributed by atoms with E-state index in [-0.39, 0.29) is 5.92 Å². The average molecular weight is 318 g/mol. The predicted molar refractivity (Wildman–Crippen MR) is 97.0 cm³/mol. The molecule has 0 aliphatic carbocycles. The van der Waals surface area contributed by atoms with Crippen molar-refractivity contribution in [2.75, 3.05) is 6.54 Å². The van der Waals surface area contributed by atoms with E-state index in [9.17, 15) is 0 Å². The maximum Gasteiger partial charge on any atom is 0.120 e. The number of hydrogen-bond acceptors (Lipinski definition) is 3. The third-order valence-corrected chi connectivity index (χ3v) is 4.02. The molecule has 1 atom stereocenters. The normalized spacial score (nSPS) is 11.9. The zero-order valence-electron chi connectivity index (χ0n) is 13.6. The van der Waals surface area contributed by atoms with Gasteiger partial charge in [0.05, 0.1) is 0 Å². The van der Waals surface area contributed by atoms with E-state index in [2.05, 4.69) is 29.2 Å². The second-order valence-electron chi connectivity index (χ2n) is 5.81. The van der Waals surface area contributed by atoms with Crippen LogP contribution >= 0.6 is 0 Å². The Balaban J connectivity index is 1.66. The molecule has 2 aromatic carbocycles. The van der Waals surface area contributed by atoms with E-state index in [1.807, 2.05) is 54.7 Å². The second kappa shape index (κ2) is 8.27. The Morgan fingerprint density at radius 1 is 0.875 bits per heavy atom. The lowest BCUT2D eigenvalue weighted by molar-refractivity contribution is 0.306. The van der Waals surface area contributed by atoms with Crippen molar-refractivity contribution in [1.29, 1.82) is 0 Å². The summed E-state index contributed by atoms with van der Waals surface area (Å²) in [5.41, 5.74) is 9.36. The summed E-state index contributed by atoms with van der Waals surface area (Å²) in [6.45, 7) is 1.15. The van der Waals surface area contributed by atoms with Crippen molar-refractivity contribution in [2.45, 2.75) is 18.9 Å². The maximum absolute atomic E-state index is 5.95. The molecule has 3 rings (SSSR count). The minimum Gasteiger partial charge on any atom is -0.489 e. The number of pyridine rings is 1. The molecule has 3 heteroatoms. The van der Waals surface area contributed by atoms with E-state index >= 15 is 0 Å². The molecule has 0 aliphatic heterocycles. The van der Waals surface area contributed by atoms with Crippen molar-refractivity contribution in [3.63, 3.8) is 0 Å². The van der Waals surface area contributed by atoms with Gasteiger partial charge in [-0.05, 0) is 41.8 Å². The van der Waals surface area contributed by atoms with Crippen molar-refractivity contribution in [2.24, 2.45) is 5.73 Å². The molecule has 3 aromatic rings. The van der Waals surface area contributed by atoms with Crippen LogP contribution in [0, 0.1) is 0 Å². The fourth-order valence-corrected chi connectivity index (χ4v) is 2.71. The molecule has 2 N–H and O–H groups in total. The number of rotatable bonds is 7. The third-order valence-electron chi connectivity index (χ3n) is 4.02. The molecular formula is C21H22N2O. The highest BCUT2D eigenvalue weighted by molar-refractivity contribution is 5.30. The maximum atomic E-state index is 5.95. The molecular weight excluding hydrogens is 296 g/mol. The first-order chi connectivity index (χ1) is 11.8. The van der Waals surface area contributed by atoms with E-state index in [1.165, 1.54) is 5.56 Å². The second-order valence-corrected chi connectivity index (χ2v) is 5.81. The number of aromatic nitrogens is 1. The number of benzene rings is 2. The lowest BCUT2D eigenvalue weighted by Crippen LogP contribution is -2.16. The van der Waals surface area contributed by atoms with Crippen LogP contribution < -0.4 is 10.5 Å². The van der Waals surface area contributed by atoms with Gasteiger partial charge < -0.3 is 10.5 Å². The summed E-state index contributed by atoms with van der Waals surface area (Å²) in [6, 6.07) is 24.4. The Bertz CT molecular complexity index is 744. The Kier molecular flexibility index (Phi) is 5.59. The Labute approximate surface area is 143 Å². The molecule has 0 aliphatic rings. The van der Waals surface area contributed by atoms with Crippen LogP contribution in [0.5, 0.6) is 5.75 Å². The lowest BCUT2D eigenvalue weighted by Gasteiger charge is -2.15. The summed E-state index contributed by atoms with van der Waals surface area (Å²) in [4.78, 5) is 4.43. The number of nitrogens with two attached hydrogens (primary N) is 1. The first-order valence-corrected chi connectivity index (χ1v) is 8.22. The van der Waals surface area contributed by atoms with Crippen molar-refractivity contribution < 1.29 is 4.74 Å². The molecule has 0 fully saturated rings. The summed E-state index contributed by atoms with van der Waals surface area (Å²) >= 11 is 0. The monoisotopic (exact) mass is 318 g/mol. The zero-order chi connectivity index (χ0) is 16.6. The van der Waals surface area contributed by atoms with E-state index in [4.69, 9.17) is 10.5 Å². The molecule has 0 bridgehead atoms. The van der Waals surface area contributed by atoms with Crippen molar-refractivity contribution in [3.8, 4) is 5.75 Å². The van der Waals surface area contributed by atoms with Crippen LogP contribution in [0.3, 0.4) is 0 Å². The standard InChI is InChI=1S/C21H22N2O/c22-15-19(21-11-4-5-12-23-21)13-18-9-6-10-20(14-18)24-16-17-7-2-1-3-8-17/h1-12,14,19H,13,15-16,22H2. The van der Waals surface area contributed by atoms with E-state index < -0.39 is 0 Å². The average Bonchev–Trinajstić information content (AvgIpc) is 2.66. The van der Waals surface area contributed by atoms with Crippen LogP contribution in [0.2, 0.25) is 0 Å². The van der Waals surface area contributed by atoms with Crippen molar-refractivity contribution in [1.82, 2.24) is 4.98 Å². The molecule has 24 heavy (non-hydrogen) atoms. The van der Waals surface area contributed by atoms with Gasteiger partial charge in [-0.3, -0.25) is 4.98 Å². The first kappa shape index (κ1) is 16.2. The summed E-state index contributed by atoms with van der Waals surface area (Å²) in [6.07, 6.45) is 2.67. The summed E-state index contributed by atoms with van der Waals surface area (Å²) in [5.74, 6) is 1.10. The van der Waals surface area contributed by atoms with Gasteiger partial charge in [0.2, 0.25) is 0 Å². The summed E-state index contributed by atoms with van der Waals surface area (Å²) in [7, 11) is 0. The highest BCUT2D eigenvalue weighted by Crippen LogP contribution is 2.21. The van der Waals surface area contributed by atoms with Gasteiger partial charge in [0, 0.05) is 24.4 Å². The lowest BCUT2D eigenvalue weighted by atomic mass is 9.95. The SMILES string of the molecule is NCC(Cc1cccc(OCc2ccccc2)c1)c1ccccn1. The molecule has 0 radical (unpaired) electrons. The minimum absolute atomic E-state index is 0.218. The van der Waals surface area contributed by atoms with Crippen LogP contribution in [-0.4, -0.2) is 11.5 Å². The zero-order valence-corrected chi connectivity index (χ0v) is 13.6. The van der Waals surface area contributed by atoms with Gasteiger partial charge >= 0.3 is 0 Å². The van der Waals surface area contributed by atoms with E-state index in [1.54, 1.807) is 0 Å².